The Morgan fingerprint density at radius 3 is 2.51 bits per heavy atom. The molecule has 2 aromatic carbocycles. The molecule has 276 valence electrons. The zero-order valence-corrected chi connectivity index (χ0v) is 32.1. The quantitative estimate of drug-likeness (QED) is 0.274. The first kappa shape index (κ1) is 34.4. The normalized spacial score (nSPS) is 32.3. The number of hydrogen-bond acceptors (Lipinski definition) is 2. The third-order valence-corrected chi connectivity index (χ3v) is 13.5. The van der Waals surface area contributed by atoms with Gasteiger partial charge in [-0.2, -0.15) is 0 Å². The van der Waals surface area contributed by atoms with E-state index in [1.54, 1.807) is 5.57 Å². The van der Waals surface area contributed by atoms with E-state index < -0.39 is 0 Å². The summed E-state index contributed by atoms with van der Waals surface area (Å²) in [7, 11) is 0. The van der Waals surface area contributed by atoms with E-state index in [9.17, 15) is 0 Å². The summed E-state index contributed by atoms with van der Waals surface area (Å²) in [6.45, 7) is 4.74. The fourth-order valence-corrected chi connectivity index (χ4v) is 10.7. The summed E-state index contributed by atoms with van der Waals surface area (Å²) in [5, 5.41) is 2.58. The van der Waals surface area contributed by atoms with Crippen molar-refractivity contribution in [3.63, 3.8) is 0 Å². The van der Waals surface area contributed by atoms with Crippen molar-refractivity contribution >= 4 is 22.5 Å². The molecule has 2 heteroatoms. The first-order chi connectivity index (χ1) is 27.2. The number of rotatable bonds is 6. The van der Waals surface area contributed by atoms with E-state index in [0.717, 1.165) is 44.9 Å². The number of anilines is 1. The molecule has 0 saturated carbocycles. The highest BCUT2D eigenvalue weighted by Gasteiger charge is 2.46. The van der Waals surface area contributed by atoms with E-state index in [4.69, 9.17) is 6.58 Å². The van der Waals surface area contributed by atoms with E-state index >= 15 is 0 Å². The Morgan fingerprint density at radius 1 is 0.709 bits per heavy atom. The molecular weight excluding hydrogens is 665 g/mol. The lowest BCUT2D eigenvalue weighted by Gasteiger charge is -2.39. The third kappa shape index (κ3) is 6.58. The van der Waals surface area contributed by atoms with E-state index in [-0.39, 0.29) is 0 Å². The van der Waals surface area contributed by atoms with Crippen LogP contribution in [0.25, 0.3) is 16.8 Å². The molecule has 0 fully saturated rings. The summed E-state index contributed by atoms with van der Waals surface area (Å²) in [5.74, 6) is 2.52. The van der Waals surface area contributed by atoms with Crippen molar-refractivity contribution in [1.29, 1.82) is 0 Å². The highest BCUT2D eigenvalue weighted by atomic mass is 15.2. The number of benzene rings is 2. The first-order valence-electron chi connectivity index (χ1n) is 21.2. The molecule has 1 heterocycles. The zero-order valence-electron chi connectivity index (χ0n) is 32.1. The number of allylic oxidation sites excluding steroid dienone is 18. The predicted molar refractivity (Wildman–Crippen MR) is 233 cm³/mol. The van der Waals surface area contributed by atoms with Gasteiger partial charge in [-0.1, -0.05) is 128 Å². The molecular formula is C53H54N2. The van der Waals surface area contributed by atoms with Crippen molar-refractivity contribution in [3.8, 4) is 0 Å². The summed E-state index contributed by atoms with van der Waals surface area (Å²) in [6.07, 6.45) is 56.8. The minimum atomic E-state index is 0.376. The van der Waals surface area contributed by atoms with Crippen LogP contribution < -0.4 is 4.90 Å². The molecule has 0 spiro atoms. The van der Waals surface area contributed by atoms with Crippen LogP contribution >= 0.6 is 0 Å². The maximum atomic E-state index is 4.74. The molecule has 3 unspecified atom stereocenters. The van der Waals surface area contributed by atoms with Crippen LogP contribution in [-0.2, 0) is 0 Å². The lowest BCUT2D eigenvalue weighted by molar-refractivity contribution is 0.355. The van der Waals surface area contributed by atoms with Crippen molar-refractivity contribution in [3.05, 3.63) is 192 Å². The second-order valence-electron chi connectivity index (χ2n) is 16.9. The molecule has 55 heavy (non-hydrogen) atoms. The Labute approximate surface area is 328 Å². The Morgan fingerprint density at radius 2 is 1.60 bits per heavy atom. The van der Waals surface area contributed by atoms with Crippen LogP contribution in [0.15, 0.2) is 186 Å². The van der Waals surface area contributed by atoms with Gasteiger partial charge in [-0.3, -0.25) is 0 Å². The molecule has 0 bridgehead atoms. The molecule has 7 aliphatic carbocycles. The Bertz CT molecular complexity index is 2250. The number of nitrogens with zero attached hydrogens (tertiary/aromatic N) is 2. The predicted octanol–water partition coefficient (Wildman–Crippen LogP) is 13.2. The smallest absolute Gasteiger partial charge is 0.0556 e. The highest BCUT2D eigenvalue weighted by molar-refractivity contribution is 5.88. The molecule has 7 atom stereocenters. The second kappa shape index (κ2) is 14.9. The molecule has 0 radical (unpaired) electrons. The van der Waals surface area contributed by atoms with Crippen molar-refractivity contribution < 1.29 is 0 Å². The summed E-state index contributed by atoms with van der Waals surface area (Å²) in [4.78, 5) is 5.35. The van der Waals surface area contributed by atoms with Crippen molar-refractivity contribution in [2.75, 3.05) is 4.90 Å². The van der Waals surface area contributed by atoms with Gasteiger partial charge in [0.05, 0.1) is 6.04 Å². The SMILES string of the molecule is C=C1CC/C=C\C[C@H]2C=CCCC2/C=C\1N(c1ccc2cc(/C=C/C3=C[C@H]4C=CC5CC=CC6=C5C4C(=C3)N6[C@H]3C=CC=CC3)ccc2c1)[C@@H]1CC=CCC1. The van der Waals surface area contributed by atoms with Crippen LogP contribution in [0.5, 0.6) is 0 Å². The molecule has 10 rings (SSSR count). The third-order valence-electron chi connectivity index (χ3n) is 13.5. The van der Waals surface area contributed by atoms with E-state index in [1.807, 2.05) is 0 Å². The topological polar surface area (TPSA) is 6.48 Å². The maximum Gasteiger partial charge on any atom is 0.0556 e. The summed E-state index contributed by atoms with van der Waals surface area (Å²) < 4.78 is 0. The largest absolute Gasteiger partial charge is 0.338 e. The van der Waals surface area contributed by atoms with Crippen LogP contribution in [-0.4, -0.2) is 17.0 Å². The Balaban J connectivity index is 0.955. The van der Waals surface area contributed by atoms with Gasteiger partial charge in [0.15, 0.2) is 0 Å². The van der Waals surface area contributed by atoms with Gasteiger partial charge in [0.1, 0.15) is 0 Å². The maximum absolute atomic E-state index is 4.74. The van der Waals surface area contributed by atoms with Gasteiger partial charge in [-0.25, -0.2) is 0 Å². The van der Waals surface area contributed by atoms with Crippen LogP contribution in [0.2, 0.25) is 0 Å². The van der Waals surface area contributed by atoms with E-state index in [2.05, 4.69) is 162 Å². The van der Waals surface area contributed by atoms with Crippen molar-refractivity contribution in [2.24, 2.45) is 29.6 Å². The van der Waals surface area contributed by atoms with Gasteiger partial charge in [0.25, 0.3) is 0 Å². The molecule has 1 aliphatic heterocycles. The van der Waals surface area contributed by atoms with Crippen LogP contribution in [0.4, 0.5) is 5.69 Å². The molecule has 2 aromatic rings. The molecule has 0 N–H and O–H groups in total. The Kier molecular flexibility index (Phi) is 9.30. The van der Waals surface area contributed by atoms with Crippen molar-refractivity contribution in [2.45, 2.75) is 76.3 Å². The van der Waals surface area contributed by atoms with Gasteiger partial charge in [-0.15, -0.1) is 0 Å². The average molecular weight is 719 g/mol. The molecule has 0 saturated heterocycles. The van der Waals surface area contributed by atoms with Gasteiger partial charge in [0, 0.05) is 46.6 Å². The molecule has 8 aliphatic rings. The number of fused-ring (bicyclic) bond motifs is 2. The molecule has 0 amide bonds. The fourth-order valence-electron chi connectivity index (χ4n) is 10.7. The van der Waals surface area contributed by atoms with Crippen molar-refractivity contribution in [1.82, 2.24) is 4.90 Å². The Hall–Kier alpha value is -5.08. The van der Waals surface area contributed by atoms with Gasteiger partial charge < -0.3 is 9.80 Å². The summed E-state index contributed by atoms with van der Waals surface area (Å²) >= 11 is 0. The summed E-state index contributed by atoms with van der Waals surface area (Å²) in [5.41, 5.74) is 11.1. The van der Waals surface area contributed by atoms with E-state index in [1.165, 1.54) is 69.5 Å². The molecule has 0 aromatic heterocycles. The van der Waals surface area contributed by atoms with Gasteiger partial charge >= 0.3 is 0 Å². The van der Waals surface area contributed by atoms with Crippen LogP contribution in [0.3, 0.4) is 0 Å². The minimum Gasteiger partial charge on any atom is -0.338 e. The van der Waals surface area contributed by atoms with E-state index in [0.29, 0.717) is 41.7 Å². The standard InChI is InChI=1S/C53H54N2/c1-37-14-5-2-6-15-40-16-11-12-17-42(40)36-50(37)54(46-19-7-3-8-20-46)48-31-30-43-32-38(26-27-44(43)35-48)24-25-39-33-45-29-28-41-18-13-23-49-52(41)53(45)51(34-39)55(49)47-21-9-4-10-22-47/h2-4,6-7,9-11,13,16,21,23-36,40-42,45-47,53H,1,5,8,12,14-15,17-20,22H2/b6-2-,25-24+,50-36+/t40-,41?,42?,45+,46+,47-,53?/m0/s1. The van der Waals surface area contributed by atoms with Crippen LogP contribution in [0.1, 0.15) is 69.8 Å². The summed E-state index contributed by atoms with van der Waals surface area (Å²) in [6, 6.07) is 15.0. The van der Waals surface area contributed by atoms with Crippen LogP contribution in [0, 0.1) is 29.6 Å². The minimum absolute atomic E-state index is 0.376. The average Bonchev–Trinajstić information content (AvgIpc) is 3.57. The number of hydrogen-bond donors (Lipinski definition) is 0. The zero-order chi connectivity index (χ0) is 36.7. The lowest BCUT2D eigenvalue weighted by Crippen LogP contribution is -2.36. The molecule has 2 nitrogen and oxygen atoms in total. The lowest BCUT2D eigenvalue weighted by atomic mass is 9.70. The second-order valence-corrected chi connectivity index (χ2v) is 16.9. The fraction of sp³-hybridized carbons (Fsp3) is 0.321. The monoisotopic (exact) mass is 718 g/mol. The highest BCUT2D eigenvalue weighted by Crippen LogP contribution is 2.54. The van der Waals surface area contributed by atoms with Gasteiger partial charge in [0.2, 0.25) is 0 Å². The van der Waals surface area contributed by atoms with Gasteiger partial charge in [-0.05, 0) is 139 Å². The first-order valence-corrected chi connectivity index (χ1v) is 21.2.